The number of aromatic nitrogens is 1. The summed E-state index contributed by atoms with van der Waals surface area (Å²) in [7, 11) is 0. The summed E-state index contributed by atoms with van der Waals surface area (Å²) in [5.74, 6) is 0.0781. The molecule has 0 spiro atoms. The van der Waals surface area contributed by atoms with Gasteiger partial charge in [0.15, 0.2) is 0 Å². The minimum absolute atomic E-state index is 0. The van der Waals surface area contributed by atoms with Gasteiger partial charge in [-0.2, -0.15) is 0 Å². The Kier molecular flexibility index (Phi) is 7.91. The molecule has 0 radical (unpaired) electrons. The van der Waals surface area contributed by atoms with E-state index >= 15 is 0 Å². The lowest BCUT2D eigenvalue weighted by Gasteiger charge is -2.20. The normalized spacial score (nSPS) is 15.5. The lowest BCUT2D eigenvalue weighted by Crippen LogP contribution is -2.43. The highest BCUT2D eigenvalue weighted by molar-refractivity contribution is 5.85. The molecule has 1 fully saturated rings. The molecule has 1 saturated heterocycles. The van der Waals surface area contributed by atoms with Gasteiger partial charge in [-0.15, -0.1) is 24.8 Å². The summed E-state index contributed by atoms with van der Waals surface area (Å²) in [4.78, 5) is 17.7. The molecule has 18 heavy (non-hydrogen) atoms. The maximum absolute atomic E-state index is 11.9. The second-order valence-electron chi connectivity index (χ2n) is 4.20. The van der Waals surface area contributed by atoms with Crippen molar-refractivity contribution in [2.45, 2.75) is 25.3 Å². The Morgan fingerprint density at radius 2 is 1.83 bits per heavy atom. The van der Waals surface area contributed by atoms with Crippen molar-refractivity contribution in [2.24, 2.45) is 5.73 Å². The van der Waals surface area contributed by atoms with E-state index in [1.807, 2.05) is 17.0 Å². The Morgan fingerprint density at radius 3 is 2.39 bits per heavy atom. The number of amides is 1. The van der Waals surface area contributed by atoms with Crippen LogP contribution in [0.4, 0.5) is 0 Å². The number of hydrogen-bond donors (Lipinski definition) is 1. The fourth-order valence-electron chi connectivity index (χ4n) is 2.03. The van der Waals surface area contributed by atoms with Crippen LogP contribution in [0.25, 0.3) is 0 Å². The van der Waals surface area contributed by atoms with Gasteiger partial charge in [0, 0.05) is 25.5 Å². The van der Waals surface area contributed by atoms with Gasteiger partial charge in [-0.3, -0.25) is 9.78 Å². The molecule has 4 nitrogen and oxygen atoms in total. The number of carbonyl (C=O) groups is 1. The molecule has 1 aromatic rings. The van der Waals surface area contributed by atoms with Crippen LogP contribution >= 0.6 is 24.8 Å². The smallest absolute Gasteiger partial charge is 0.239 e. The number of pyridine rings is 1. The lowest BCUT2D eigenvalue weighted by molar-refractivity contribution is -0.131. The molecule has 2 N–H and O–H groups in total. The summed E-state index contributed by atoms with van der Waals surface area (Å²) in [5.41, 5.74) is 6.98. The van der Waals surface area contributed by atoms with Gasteiger partial charge in [-0.25, -0.2) is 0 Å². The van der Waals surface area contributed by atoms with Crippen LogP contribution in [0.2, 0.25) is 0 Å². The summed E-state index contributed by atoms with van der Waals surface area (Å²) in [6, 6.07) is 3.38. The Hall–Kier alpha value is -0.840. The highest BCUT2D eigenvalue weighted by Crippen LogP contribution is 2.10. The topological polar surface area (TPSA) is 59.2 Å². The predicted octanol–water partition coefficient (Wildman–Crippen LogP) is 1.42. The van der Waals surface area contributed by atoms with E-state index in [1.165, 1.54) is 0 Å². The quantitative estimate of drug-likeness (QED) is 0.916. The first-order valence-electron chi connectivity index (χ1n) is 5.70. The number of nitrogens with two attached hydrogens (primary N) is 1. The third-order valence-electron chi connectivity index (χ3n) is 2.94. The van der Waals surface area contributed by atoms with E-state index in [0.717, 1.165) is 31.5 Å². The maximum atomic E-state index is 11.9. The minimum Gasteiger partial charge on any atom is -0.341 e. The van der Waals surface area contributed by atoms with Crippen LogP contribution in [0, 0.1) is 0 Å². The third-order valence-corrected chi connectivity index (χ3v) is 2.94. The Morgan fingerprint density at radius 1 is 1.28 bits per heavy atom. The van der Waals surface area contributed by atoms with Crippen LogP contribution in [0.5, 0.6) is 0 Å². The molecule has 6 heteroatoms. The predicted molar refractivity (Wildman–Crippen MR) is 76.2 cm³/mol. The zero-order valence-electron chi connectivity index (χ0n) is 10.1. The molecule has 1 aliphatic heterocycles. The SMILES string of the molecule is Cl.Cl.N[C@@H](Cc1ccncc1)C(=O)N1CCCC1. The van der Waals surface area contributed by atoms with Gasteiger partial charge < -0.3 is 10.6 Å². The van der Waals surface area contributed by atoms with Gasteiger partial charge in [0.1, 0.15) is 0 Å². The van der Waals surface area contributed by atoms with E-state index in [2.05, 4.69) is 4.98 Å². The summed E-state index contributed by atoms with van der Waals surface area (Å²) in [6.07, 6.45) is 6.25. The standard InChI is InChI=1S/C12H17N3O.2ClH/c13-11(9-10-3-5-14-6-4-10)12(16)15-7-1-2-8-15;;/h3-6,11H,1-2,7-9,13H2;2*1H/t11-;;/m0../s1. The molecule has 0 bridgehead atoms. The van der Waals surface area contributed by atoms with Gasteiger partial charge in [0.05, 0.1) is 6.04 Å². The number of rotatable bonds is 3. The van der Waals surface area contributed by atoms with Gasteiger partial charge in [-0.05, 0) is 37.0 Å². The van der Waals surface area contributed by atoms with Crippen molar-refractivity contribution in [2.75, 3.05) is 13.1 Å². The molecule has 1 aromatic heterocycles. The van der Waals surface area contributed by atoms with E-state index in [4.69, 9.17) is 5.73 Å². The first kappa shape index (κ1) is 17.2. The highest BCUT2D eigenvalue weighted by atomic mass is 35.5. The zero-order chi connectivity index (χ0) is 11.4. The first-order valence-corrected chi connectivity index (χ1v) is 5.70. The Balaban J connectivity index is 0.00000144. The second-order valence-corrected chi connectivity index (χ2v) is 4.20. The van der Waals surface area contributed by atoms with Crippen molar-refractivity contribution in [3.05, 3.63) is 30.1 Å². The molecule has 2 heterocycles. The fourth-order valence-corrected chi connectivity index (χ4v) is 2.03. The van der Waals surface area contributed by atoms with E-state index in [0.29, 0.717) is 6.42 Å². The van der Waals surface area contributed by atoms with Crippen molar-refractivity contribution in [3.8, 4) is 0 Å². The zero-order valence-corrected chi connectivity index (χ0v) is 11.8. The van der Waals surface area contributed by atoms with Crippen LogP contribution in [0.3, 0.4) is 0 Å². The number of halogens is 2. The molecule has 0 aromatic carbocycles. The molecule has 2 rings (SSSR count). The van der Waals surface area contributed by atoms with E-state index in [9.17, 15) is 4.79 Å². The number of nitrogens with zero attached hydrogens (tertiary/aromatic N) is 2. The number of carbonyl (C=O) groups excluding carboxylic acids is 1. The molecule has 0 unspecified atom stereocenters. The number of likely N-dealkylation sites (tertiary alicyclic amines) is 1. The average molecular weight is 292 g/mol. The van der Waals surface area contributed by atoms with Crippen molar-refractivity contribution in [1.82, 2.24) is 9.88 Å². The van der Waals surface area contributed by atoms with Gasteiger partial charge in [-0.1, -0.05) is 0 Å². The van der Waals surface area contributed by atoms with E-state index < -0.39 is 6.04 Å². The fraction of sp³-hybridized carbons (Fsp3) is 0.500. The van der Waals surface area contributed by atoms with Crippen molar-refractivity contribution < 1.29 is 4.79 Å². The second kappa shape index (κ2) is 8.29. The van der Waals surface area contributed by atoms with Gasteiger partial charge >= 0.3 is 0 Å². The monoisotopic (exact) mass is 291 g/mol. The van der Waals surface area contributed by atoms with Gasteiger partial charge in [0.25, 0.3) is 0 Å². The van der Waals surface area contributed by atoms with Crippen molar-refractivity contribution in [3.63, 3.8) is 0 Å². The molecule has 1 amide bonds. The minimum atomic E-state index is -0.416. The third kappa shape index (κ3) is 4.44. The molecular formula is C12H19Cl2N3O. The van der Waals surface area contributed by atoms with Crippen LogP contribution in [0.1, 0.15) is 18.4 Å². The van der Waals surface area contributed by atoms with Gasteiger partial charge in [0.2, 0.25) is 5.91 Å². The van der Waals surface area contributed by atoms with Crippen LogP contribution in [-0.2, 0) is 11.2 Å². The van der Waals surface area contributed by atoms with E-state index in [1.54, 1.807) is 12.4 Å². The van der Waals surface area contributed by atoms with Crippen LogP contribution < -0.4 is 5.73 Å². The van der Waals surface area contributed by atoms with Crippen molar-refractivity contribution >= 4 is 30.7 Å². The molecule has 1 aliphatic rings. The molecular weight excluding hydrogens is 273 g/mol. The summed E-state index contributed by atoms with van der Waals surface area (Å²) >= 11 is 0. The summed E-state index contributed by atoms with van der Waals surface area (Å²) < 4.78 is 0. The molecule has 1 atom stereocenters. The summed E-state index contributed by atoms with van der Waals surface area (Å²) in [6.45, 7) is 1.73. The molecule has 102 valence electrons. The maximum Gasteiger partial charge on any atom is 0.239 e. The Bertz CT molecular complexity index is 356. The van der Waals surface area contributed by atoms with Crippen LogP contribution in [0.15, 0.2) is 24.5 Å². The highest BCUT2D eigenvalue weighted by Gasteiger charge is 2.23. The van der Waals surface area contributed by atoms with Crippen LogP contribution in [-0.4, -0.2) is 34.9 Å². The Labute approximate surface area is 120 Å². The largest absolute Gasteiger partial charge is 0.341 e. The number of hydrogen-bond acceptors (Lipinski definition) is 3. The summed E-state index contributed by atoms with van der Waals surface area (Å²) in [5, 5.41) is 0. The lowest BCUT2D eigenvalue weighted by atomic mass is 10.1. The molecule has 0 saturated carbocycles. The van der Waals surface area contributed by atoms with E-state index in [-0.39, 0.29) is 30.7 Å². The average Bonchev–Trinajstić information content (AvgIpc) is 2.83. The van der Waals surface area contributed by atoms with Crippen molar-refractivity contribution in [1.29, 1.82) is 0 Å². The molecule has 0 aliphatic carbocycles. The first-order chi connectivity index (χ1) is 7.77.